The van der Waals surface area contributed by atoms with Gasteiger partial charge < -0.3 is 0 Å². The van der Waals surface area contributed by atoms with Crippen molar-refractivity contribution in [3.8, 4) is 89.4 Å². The third-order valence-electron chi connectivity index (χ3n) is 13.2. The molecule has 0 bridgehead atoms. The second-order valence-corrected chi connectivity index (χ2v) is 17.9. The second-order valence-electron chi connectivity index (χ2n) is 17.9. The van der Waals surface area contributed by atoms with Crippen LogP contribution in [0.2, 0.25) is 0 Å². The summed E-state index contributed by atoms with van der Waals surface area (Å²) < 4.78 is 0. The van der Waals surface area contributed by atoms with E-state index < -0.39 is 0 Å². The van der Waals surface area contributed by atoms with Crippen LogP contribution in [0, 0.1) is 0 Å². The predicted octanol–water partition coefficient (Wildman–Crippen LogP) is 16.8. The van der Waals surface area contributed by atoms with Gasteiger partial charge in [-0.25, -0.2) is 0 Å². The molecule has 0 radical (unpaired) electrons. The first-order valence-electron chi connectivity index (χ1n) is 24.2. The summed E-state index contributed by atoms with van der Waals surface area (Å²) in [5.74, 6) is 0. The van der Waals surface area contributed by atoms with Crippen molar-refractivity contribution in [3.63, 3.8) is 0 Å². The maximum atomic E-state index is 5.24. The van der Waals surface area contributed by atoms with Crippen LogP contribution in [0.15, 0.2) is 261 Å². The predicted molar refractivity (Wildman–Crippen MR) is 291 cm³/mol. The van der Waals surface area contributed by atoms with Gasteiger partial charge in [0.1, 0.15) is 0 Å². The Morgan fingerprint density at radius 1 is 0.200 bits per heavy atom. The molecule has 0 unspecified atom stereocenters. The zero-order chi connectivity index (χ0) is 46.9. The molecule has 3 heteroatoms. The van der Waals surface area contributed by atoms with Gasteiger partial charge in [-0.3, -0.25) is 15.0 Å². The third-order valence-corrected chi connectivity index (χ3v) is 13.2. The zero-order valence-corrected chi connectivity index (χ0v) is 39.0. The fourth-order valence-electron chi connectivity index (χ4n) is 9.49. The first kappa shape index (κ1) is 43.8. The summed E-state index contributed by atoms with van der Waals surface area (Å²) in [5.41, 5.74) is 23.0. The number of nitrogens with zero attached hydrogens (tertiary/aromatic N) is 3. The van der Waals surface area contributed by atoms with Crippen LogP contribution < -0.4 is 0 Å². The van der Waals surface area contributed by atoms with Crippen molar-refractivity contribution in [2.24, 2.45) is 0 Å². The van der Waals surface area contributed by atoms with E-state index in [2.05, 4.69) is 237 Å². The average molecular weight is 898 g/mol. The van der Waals surface area contributed by atoms with Gasteiger partial charge in [-0.05, 0) is 122 Å². The van der Waals surface area contributed by atoms with E-state index in [4.69, 9.17) is 15.0 Å². The molecule has 11 rings (SSSR count). The van der Waals surface area contributed by atoms with E-state index >= 15 is 0 Å². The third kappa shape index (κ3) is 10.1. The average Bonchev–Trinajstić information content (AvgIpc) is 3.45. The Labute approximate surface area is 411 Å². The highest BCUT2D eigenvalue weighted by Gasteiger charge is 2.17. The molecular formula is C67H51N3. The van der Waals surface area contributed by atoms with E-state index in [9.17, 15) is 0 Å². The molecule has 0 aliphatic carbocycles. The molecule has 8 aromatic carbocycles. The standard InChI is InChI=1S/C67H51N3/c1-5-16-52(17-6-1)53-34-36-54(37-35-53)58-24-15-25-59(43-58)67-44-63(55-18-7-2-8-19-55)64(47-70-67)62-27-14-13-26-61(62)60-41-50(30-28-48-32-38-65(68-45-48)56-20-9-3-10-21-56)40-51(42-60)31-29-49-33-39-66(69-46-49)57-22-11-4-12-23-57/h1-27,32-47H,28-31H2. The van der Waals surface area contributed by atoms with Gasteiger partial charge in [0.25, 0.3) is 0 Å². The van der Waals surface area contributed by atoms with Crippen LogP contribution in [-0.2, 0) is 25.7 Å². The summed E-state index contributed by atoms with van der Waals surface area (Å²) in [6, 6.07) is 86.7. The summed E-state index contributed by atoms with van der Waals surface area (Å²) in [6.45, 7) is 0. The number of hydrogen-bond acceptors (Lipinski definition) is 3. The minimum absolute atomic E-state index is 0.890. The molecule has 0 N–H and O–H groups in total. The molecule has 0 amide bonds. The van der Waals surface area contributed by atoms with Crippen LogP contribution in [0.3, 0.4) is 0 Å². The Balaban J connectivity index is 0.929. The highest BCUT2D eigenvalue weighted by Crippen LogP contribution is 2.40. The van der Waals surface area contributed by atoms with Crippen LogP contribution >= 0.6 is 0 Å². The van der Waals surface area contributed by atoms with Crippen LogP contribution in [0.1, 0.15) is 22.3 Å². The van der Waals surface area contributed by atoms with Crippen LogP contribution in [0.25, 0.3) is 89.4 Å². The monoisotopic (exact) mass is 897 g/mol. The van der Waals surface area contributed by atoms with E-state index in [-0.39, 0.29) is 0 Å². The molecule has 70 heavy (non-hydrogen) atoms. The van der Waals surface area contributed by atoms with Crippen molar-refractivity contribution in [1.29, 1.82) is 0 Å². The van der Waals surface area contributed by atoms with E-state index in [0.717, 1.165) is 87.3 Å². The summed E-state index contributed by atoms with van der Waals surface area (Å²) in [7, 11) is 0. The Kier molecular flexibility index (Phi) is 12.9. The molecule has 3 nitrogen and oxygen atoms in total. The molecule has 11 aromatic rings. The summed E-state index contributed by atoms with van der Waals surface area (Å²) in [4.78, 5) is 14.9. The number of benzene rings is 8. The molecule has 3 aromatic heterocycles. The minimum Gasteiger partial charge on any atom is -0.256 e. The van der Waals surface area contributed by atoms with Gasteiger partial charge in [-0.1, -0.05) is 218 Å². The minimum atomic E-state index is 0.890. The van der Waals surface area contributed by atoms with Crippen molar-refractivity contribution < 1.29 is 0 Å². The van der Waals surface area contributed by atoms with Crippen molar-refractivity contribution >= 4 is 0 Å². The molecule has 0 aliphatic heterocycles. The van der Waals surface area contributed by atoms with Gasteiger partial charge in [0, 0.05) is 40.8 Å². The Bertz CT molecular complexity index is 3370. The van der Waals surface area contributed by atoms with Crippen LogP contribution in [0.4, 0.5) is 0 Å². The summed E-state index contributed by atoms with van der Waals surface area (Å²) >= 11 is 0. The molecular weight excluding hydrogens is 847 g/mol. The van der Waals surface area contributed by atoms with Crippen LogP contribution in [-0.4, -0.2) is 15.0 Å². The first-order valence-corrected chi connectivity index (χ1v) is 24.2. The lowest BCUT2D eigenvalue weighted by atomic mass is 9.87. The maximum Gasteiger partial charge on any atom is 0.0708 e. The fraction of sp³-hybridized carbons (Fsp3) is 0.0597. The van der Waals surface area contributed by atoms with E-state index in [0.29, 0.717) is 0 Å². The van der Waals surface area contributed by atoms with Gasteiger partial charge in [0.05, 0.1) is 17.1 Å². The number of aromatic nitrogens is 3. The fourth-order valence-corrected chi connectivity index (χ4v) is 9.49. The smallest absolute Gasteiger partial charge is 0.0708 e. The lowest BCUT2D eigenvalue weighted by molar-refractivity contribution is 0.923. The number of pyridine rings is 3. The Morgan fingerprint density at radius 2 is 0.629 bits per heavy atom. The molecule has 0 atom stereocenters. The second kappa shape index (κ2) is 20.6. The van der Waals surface area contributed by atoms with Gasteiger partial charge in [0.2, 0.25) is 0 Å². The van der Waals surface area contributed by atoms with E-state index in [1.54, 1.807) is 0 Å². The van der Waals surface area contributed by atoms with E-state index in [1.807, 2.05) is 24.5 Å². The molecule has 0 spiro atoms. The lowest BCUT2D eigenvalue weighted by Crippen LogP contribution is -1.99. The Hall–Kier alpha value is -8.79. The van der Waals surface area contributed by atoms with Crippen molar-refractivity contribution in [3.05, 3.63) is 283 Å². The maximum absolute atomic E-state index is 5.24. The molecule has 0 fully saturated rings. The Morgan fingerprint density at radius 3 is 1.17 bits per heavy atom. The topological polar surface area (TPSA) is 38.7 Å². The number of hydrogen-bond donors (Lipinski definition) is 0. The van der Waals surface area contributed by atoms with Crippen LogP contribution in [0.5, 0.6) is 0 Å². The highest BCUT2D eigenvalue weighted by molar-refractivity contribution is 5.93. The van der Waals surface area contributed by atoms with Gasteiger partial charge in [0.15, 0.2) is 0 Å². The van der Waals surface area contributed by atoms with Crippen molar-refractivity contribution in [2.75, 3.05) is 0 Å². The molecule has 334 valence electrons. The van der Waals surface area contributed by atoms with Gasteiger partial charge >= 0.3 is 0 Å². The normalized spacial score (nSPS) is 11.1. The molecule has 0 saturated carbocycles. The highest BCUT2D eigenvalue weighted by atomic mass is 14.7. The SMILES string of the molecule is c1ccc(-c2ccc(-c3cccc(-c4cc(-c5ccccc5)c(-c5ccccc5-c5cc(CCc6ccc(-c7ccccc7)nc6)cc(CCc6ccc(-c7ccccc7)nc6)c5)cn4)c3)cc2)cc1. The van der Waals surface area contributed by atoms with Crippen molar-refractivity contribution in [1.82, 2.24) is 15.0 Å². The first-order chi connectivity index (χ1) is 34.7. The zero-order valence-electron chi connectivity index (χ0n) is 39.0. The van der Waals surface area contributed by atoms with Gasteiger partial charge in [-0.2, -0.15) is 0 Å². The number of aryl methyl sites for hydroxylation is 4. The molecule has 3 heterocycles. The van der Waals surface area contributed by atoms with Crippen molar-refractivity contribution in [2.45, 2.75) is 25.7 Å². The summed E-state index contributed by atoms with van der Waals surface area (Å²) in [5, 5.41) is 0. The quantitative estimate of drug-likeness (QED) is 0.109. The van der Waals surface area contributed by atoms with E-state index in [1.165, 1.54) is 50.1 Å². The molecule has 0 saturated heterocycles. The number of rotatable bonds is 14. The molecule has 0 aliphatic rings. The largest absolute Gasteiger partial charge is 0.256 e. The van der Waals surface area contributed by atoms with Gasteiger partial charge in [-0.15, -0.1) is 0 Å². The lowest BCUT2D eigenvalue weighted by Gasteiger charge is -2.17. The summed E-state index contributed by atoms with van der Waals surface area (Å²) in [6.07, 6.45) is 9.73.